The Balaban J connectivity index is 1.55. The lowest BCUT2D eigenvalue weighted by Gasteiger charge is -2.22. The van der Waals surface area contributed by atoms with Gasteiger partial charge in [-0.05, 0) is 44.9 Å². The molecule has 1 saturated heterocycles. The molecule has 11 nitrogen and oxygen atoms in total. The van der Waals surface area contributed by atoms with Gasteiger partial charge in [-0.25, -0.2) is 19.6 Å². The molecule has 3 aromatic rings. The van der Waals surface area contributed by atoms with Crippen molar-refractivity contribution in [2.45, 2.75) is 38.8 Å². The van der Waals surface area contributed by atoms with Gasteiger partial charge in [0.15, 0.2) is 0 Å². The molecule has 0 saturated carbocycles. The minimum atomic E-state index is -0.614. The minimum Gasteiger partial charge on any atom is -0.447 e. The van der Waals surface area contributed by atoms with Crippen molar-refractivity contribution in [2.24, 2.45) is 5.73 Å². The molecule has 0 bridgehead atoms. The lowest BCUT2D eigenvalue weighted by molar-refractivity contribution is -0.121. The number of fused-ring (bicyclic) bond motifs is 1. The highest BCUT2D eigenvalue weighted by Crippen LogP contribution is 2.31. The van der Waals surface area contributed by atoms with E-state index >= 15 is 0 Å². The molecule has 4 amide bonds. The smallest absolute Gasteiger partial charge is 0.411 e. The molecule has 1 fully saturated rings. The molecular formula is C22H24ClN7O4. The summed E-state index contributed by atoms with van der Waals surface area (Å²) in [4.78, 5) is 46.3. The quantitative estimate of drug-likeness (QED) is 0.504. The molecule has 34 heavy (non-hydrogen) atoms. The number of urea groups is 1. The van der Waals surface area contributed by atoms with Crippen molar-refractivity contribution >= 4 is 46.8 Å². The molecule has 1 atom stereocenters. The largest absolute Gasteiger partial charge is 0.447 e. The zero-order valence-electron chi connectivity index (χ0n) is 18.6. The summed E-state index contributed by atoms with van der Waals surface area (Å²) >= 11 is 6.41. The predicted octanol–water partition coefficient (Wildman–Crippen LogP) is 3.49. The third-order valence-electron chi connectivity index (χ3n) is 5.23. The normalized spacial score (nSPS) is 15.5. The van der Waals surface area contributed by atoms with Crippen LogP contribution in [0.1, 0.15) is 26.7 Å². The number of aromatic nitrogens is 3. The molecule has 1 aliphatic rings. The lowest BCUT2D eigenvalue weighted by atomic mass is 10.1. The average molecular weight is 486 g/mol. The standard InChI is InChI=1S/C22H24ClN7O4/c1-12(2)34-22(33)27-14-9-25-20-28-17(11-29(20)10-14)15-8-13(5-6-16(15)23)26-21(32)30-7-3-4-18(30)19(24)31/h5-6,8-12,18H,3-4,7H2,1-2H3,(H2,24,31)(H,26,32)(H,27,33). The molecule has 1 unspecified atom stereocenters. The van der Waals surface area contributed by atoms with E-state index in [2.05, 4.69) is 20.6 Å². The predicted molar refractivity (Wildman–Crippen MR) is 127 cm³/mol. The fraction of sp³-hybridized carbons (Fsp3) is 0.318. The number of amides is 4. The summed E-state index contributed by atoms with van der Waals surface area (Å²) in [6.45, 7) is 3.97. The number of carbonyl (C=O) groups excluding carboxylic acids is 3. The number of nitrogens with two attached hydrogens (primary N) is 1. The first-order valence-electron chi connectivity index (χ1n) is 10.7. The van der Waals surface area contributed by atoms with Gasteiger partial charge < -0.3 is 20.7 Å². The van der Waals surface area contributed by atoms with Crippen LogP contribution in [-0.2, 0) is 9.53 Å². The summed E-state index contributed by atoms with van der Waals surface area (Å²) < 4.78 is 6.72. The summed E-state index contributed by atoms with van der Waals surface area (Å²) in [6, 6.07) is 3.98. The first-order chi connectivity index (χ1) is 16.2. The van der Waals surface area contributed by atoms with Gasteiger partial charge in [-0.3, -0.25) is 14.5 Å². The second kappa shape index (κ2) is 9.56. The summed E-state index contributed by atoms with van der Waals surface area (Å²) in [5, 5.41) is 5.83. The first kappa shape index (κ1) is 23.3. The van der Waals surface area contributed by atoms with Crippen molar-refractivity contribution in [3.05, 3.63) is 41.8 Å². The van der Waals surface area contributed by atoms with Crippen molar-refractivity contribution in [2.75, 3.05) is 17.2 Å². The van der Waals surface area contributed by atoms with E-state index in [4.69, 9.17) is 22.1 Å². The molecule has 4 N–H and O–H groups in total. The van der Waals surface area contributed by atoms with Gasteiger partial charge in [-0.1, -0.05) is 11.6 Å². The number of hydrogen-bond donors (Lipinski definition) is 3. The molecule has 4 rings (SSSR count). The number of halogens is 1. The Hall–Kier alpha value is -3.86. The number of rotatable bonds is 5. The van der Waals surface area contributed by atoms with Crippen molar-refractivity contribution < 1.29 is 19.1 Å². The van der Waals surface area contributed by atoms with Gasteiger partial charge in [0, 0.05) is 30.2 Å². The van der Waals surface area contributed by atoms with E-state index in [1.165, 1.54) is 11.1 Å². The molecule has 0 radical (unpaired) electrons. The fourth-order valence-corrected chi connectivity index (χ4v) is 3.96. The molecule has 12 heteroatoms. The number of likely N-dealkylation sites (tertiary alicyclic amines) is 1. The maximum Gasteiger partial charge on any atom is 0.411 e. The maximum absolute atomic E-state index is 12.7. The van der Waals surface area contributed by atoms with Gasteiger partial charge in [-0.2, -0.15) is 0 Å². The first-order valence-corrected chi connectivity index (χ1v) is 11.1. The van der Waals surface area contributed by atoms with Gasteiger partial charge in [0.2, 0.25) is 11.7 Å². The number of primary amides is 1. The fourth-order valence-electron chi connectivity index (χ4n) is 3.74. The zero-order valence-corrected chi connectivity index (χ0v) is 19.4. The number of benzene rings is 1. The molecule has 0 spiro atoms. The molecule has 1 aliphatic heterocycles. The third-order valence-corrected chi connectivity index (χ3v) is 5.56. The van der Waals surface area contributed by atoms with E-state index in [1.807, 2.05) is 0 Å². The van der Waals surface area contributed by atoms with Crippen LogP contribution >= 0.6 is 11.6 Å². The van der Waals surface area contributed by atoms with Gasteiger partial charge in [0.25, 0.3) is 0 Å². The zero-order chi connectivity index (χ0) is 24.4. The van der Waals surface area contributed by atoms with Crippen LogP contribution < -0.4 is 16.4 Å². The van der Waals surface area contributed by atoms with Crippen LogP contribution in [0.4, 0.5) is 21.0 Å². The van der Waals surface area contributed by atoms with Crippen molar-refractivity contribution in [1.29, 1.82) is 0 Å². The van der Waals surface area contributed by atoms with Crippen molar-refractivity contribution in [3.63, 3.8) is 0 Å². The number of anilines is 2. The van der Waals surface area contributed by atoms with Crippen molar-refractivity contribution in [1.82, 2.24) is 19.3 Å². The number of imidazole rings is 1. The number of hydrogen-bond acceptors (Lipinski definition) is 6. The Morgan fingerprint density at radius 2 is 2.00 bits per heavy atom. The number of carbonyl (C=O) groups is 3. The Morgan fingerprint density at radius 3 is 2.74 bits per heavy atom. The van der Waals surface area contributed by atoms with Crippen LogP contribution in [0, 0.1) is 0 Å². The lowest BCUT2D eigenvalue weighted by Crippen LogP contribution is -2.45. The Labute approximate surface area is 200 Å². The summed E-state index contributed by atoms with van der Waals surface area (Å²) in [5.74, 6) is -0.127. The monoisotopic (exact) mass is 485 g/mol. The second-order valence-electron chi connectivity index (χ2n) is 8.13. The Morgan fingerprint density at radius 1 is 1.21 bits per heavy atom. The minimum absolute atomic E-state index is 0.251. The Bertz CT molecular complexity index is 1260. The van der Waals surface area contributed by atoms with E-state index < -0.39 is 24.1 Å². The third kappa shape index (κ3) is 5.04. The molecule has 0 aliphatic carbocycles. The van der Waals surface area contributed by atoms with Crippen LogP contribution in [0.15, 0.2) is 36.8 Å². The molecule has 1 aromatic carbocycles. The van der Waals surface area contributed by atoms with E-state index in [0.717, 1.165) is 0 Å². The van der Waals surface area contributed by atoms with Crippen LogP contribution in [0.5, 0.6) is 0 Å². The highest BCUT2D eigenvalue weighted by molar-refractivity contribution is 6.33. The van der Waals surface area contributed by atoms with Crippen molar-refractivity contribution in [3.8, 4) is 11.3 Å². The van der Waals surface area contributed by atoms with Crippen LogP contribution in [0.3, 0.4) is 0 Å². The second-order valence-corrected chi connectivity index (χ2v) is 8.54. The van der Waals surface area contributed by atoms with Gasteiger partial charge in [0.1, 0.15) is 6.04 Å². The topological polar surface area (TPSA) is 144 Å². The summed E-state index contributed by atoms with van der Waals surface area (Å²) in [7, 11) is 0. The molecule has 3 heterocycles. The molecular weight excluding hydrogens is 462 g/mol. The van der Waals surface area contributed by atoms with Gasteiger partial charge in [0.05, 0.1) is 28.7 Å². The SMILES string of the molecule is CC(C)OC(=O)Nc1cnc2nc(-c3cc(NC(=O)N4CCCC4C(N)=O)ccc3Cl)cn2c1. The van der Waals surface area contributed by atoms with Crippen LogP contribution in [-0.4, -0.2) is 56.0 Å². The average Bonchev–Trinajstić information content (AvgIpc) is 3.41. The number of nitrogens with one attached hydrogen (secondary N) is 2. The molecule has 178 valence electrons. The van der Waals surface area contributed by atoms with E-state index in [9.17, 15) is 14.4 Å². The Kier molecular flexibility index (Phi) is 6.55. The highest BCUT2D eigenvalue weighted by Gasteiger charge is 2.32. The van der Waals surface area contributed by atoms with E-state index in [1.54, 1.807) is 48.8 Å². The maximum atomic E-state index is 12.7. The molecule has 2 aromatic heterocycles. The van der Waals surface area contributed by atoms with Gasteiger partial charge in [-0.15, -0.1) is 0 Å². The summed E-state index contributed by atoms with van der Waals surface area (Å²) in [5.41, 5.74) is 7.43. The summed E-state index contributed by atoms with van der Waals surface area (Å²) in [6.07, 6.45) is 5.26. The van der Waals surface area contributed by atoms with E-state index in [-0.39, 0.29) is 6.10 Å². The van der Waals surface area contributed by atoms with Gasteiger partial charge >= 0.3 is 12.1 Å². The van der Waals surface area contributed by atoms with E-state index in [0.29, 0.717) is 52.8 Å². The van der Waals surface area contributed by atoms with Crippen LogP contribution in [0.25, 0.3) is 17.0 Å². The van der Waals surface area contributed by atoms with Crippen LogP contribution in [0.2, 0.25) is 5.02 Å². The number of ether oxygens (including phenoxy) is 1. The number of nitrogens with zero attached hydrogens (tertiary/aromatic N) is 4. The highest BCUT2D eigenvalue weighted by atomic mass is 35.5.